The van der Waals surface area contributed by atoms with Crippen molar-refractivity contribution in [3.05, 3.63) is 58.1 Å². The number of carbonyl (C=O) groups is 1. The molecule has 0 spiro atoms. The summed E-state index contributed by atoms with van der Waals surface area (Å²) in [5, 5.41) is 22.4. The number of piperidine rings is 1. The highest BCUT2D eigenvalue weighted by Gasteiger charge is 2.27. The second-order valence-corrected chi connectivity index (χ2v) is 7.51. The van der Waals surface area contributed by atoms with Gasteiger partial charge in [-0.2, -0.15) is 0 Å². The van der Waals surface area contributed by atoms with Crippen molar-refractivity contribution in [3.63, 3.8) is 0 Å². The van der Waals surface area contributed by atoms with Gasteiger partial charge in [0.25, 0.3) is 11.6 Å². The number of fused-ring (bicyclic) bond motifs is 1. The lowest BCUT2D eigenvalue weighted by Crippen LogP contribution is -3.14. The van der Waals surface area contributed by atoms with Crippen molar-refractivity contribution in [3.8, 4) is 0 Å². The second kappa shape index (κ2) is 7.96. The fourth-order valence-electron chi connectivity index (χ4n) is 3.91. The van der Waals surface area contributed by atoms with Crippen molar-refractivity contribution in [1.29, 1.82) is 0 Å². The second-order valence-electron chi connectivity index (χ2n) is 7.51. The van der Waals surface area contributed by atoms with Gasteiger partial charge in [-0.1, -0.05) is 23.4 Å². The van der Waals surface area contributed by atoms with Crippen LogP contribution in [0.3, 0.4) is 0 Å². The number of anilines is 1. The van der Waals surface area contributed by atoms with E-state index in [2.05, 4.69) is 27.8 Å². The van der Waals surface area contributed by atoms with Crippen molar-refractivity contribution in [1.82, 2.24) is 15.0 Å². The lowest BCUT2D eigenvalue weighted by atomic mass is 10.0. The molecule has 1 saturated heterocycles. The van der Waals surface area contributed by atoms with E-state index in [-0.39, 0.29) is 29.9 Å². The fourth-order valence-corrected chi connectivity index (χ4v) is 3.91. The molecule has 1 aromatic heterocycles. The summed E-state index contributed by atoms with van der Waals surface area (Å²) >= 11 is 0. The number of hydrogen-bond donors (Lipinski definition) is 2. The Balaban J connectivity index is 1.35. The molecule has 1 aliphatic heterocycles. The minimum absolute atomic E-state index is 0.0946. The van der Waals surface area contributed by atoms with E-state index in [0.717, 1.165) is 47.4 Å². The smallest absolute Gasteiger partial charge is 0.292 e. The molecule has 2 N–H and O–H groups in total. The molecule has 0 unspecified atom stereocenters. The van der Waals surface area contributed by atoms with Gasteiger partial charge in [-0.05, 0) is 30.7 Å². The van der Waals surface area contributed by atoms with E-state index in [1.54, 1.807) is 18.2 Å². The van der Waals surface area contributed by atoms with Crippen LogP contribution >= 0.6 is 0 Å². The van der Waals surface area contributed by atoms with Crippen LogP contribution in [0.4, 0.5) is 11.4 Å². The predicted molar refractivity (Wildman–Crippen MR) is 108 cm³/mol. The van der Waals surface area contributed by atoms with Crippen LogP contribution in [0.1, 0.15) is 24.4 Å². The average molecular weight is 395 g/mol. The van der Waals surface area contributed by atoms with Gasteiger partial charge < -0.3 is 10.2 Å². The van der Waals surface area contributed by atoms with Crippen molar-refractivity contribution >= 4 is 28.3 Å². The zero-order valence-corrected chi connectivity index (χ0v) is 16.2. The van der Waals surface area contributed by atoms with Crippen LogP contribution in [-0.2, 0) is 4.79 Å². The largest absolute Gasteiger partial charge is 0.327 e. The summed E-state index contributed by atoms with van der Waals surface area (Å²) in [7, 11) is 0. The van der Waals surface area contributed by atoms with E-state index < -0.39 is 4.92 Å². The SMILES string of the molecule is Cc1ccc2c(c1)nnn2C1CC[NH+](CC(=O)Nc2ccccc2[N+](=O)[O-])CC1. The van der Waals surface area contributed by atoms with E-state index in [0.29, 0.717) is 0 Å². The third-order valence-corrected chi connectivity index (χ3v) is 5.42. The summed E-state index contributed by atoms with van der Waals surface area (Å²) < 4.78 is 2.00. The number of carbonyl (C=O) groups excluding carboxylic acids is 1. The third kappa shape index (κ3) is 4.09. The molecule has 9 nitrogen and oxygen atoms in total. The number of nitro benzene ring substituents is 1. The first kappa shape index (κ1) is 19.0. The first-order chi connectivity index (χ1) is 14.0. The Morgan fingerprint density at radius 2 is 2.03 bits per heavy atom. The maximum Gasteiger partial charge on any atom is 0.292 e. The zero-order chi connectivity index (χ0) is 20.4. The standard InChI is InChI=1S/C20H22N6O3/c1-14-6-7-18-17(12-14)22-23-25(18)15-8-10-24(11-9-15)13-20(27)21-16-4-2-3-5-19(16)26(28)29/h2-7,12,15H,8-11,13H2,1H3,(H,21,27)/p+1. The van der Waals surface area contributed by atoms with Crippen LogP contribution in [0.5, 0.6) is 0 Å². The molecule has 29 heavy (non-hydrogen) atoms. The number of amides is 1. The Hall–Kier alpha value is -3.33. The normalized spacial score (nSPS) is 19.2. The number of aryl methyl sites for hydroxylation is 1. The Morgan fingerprint density at radius 3 is 2.79 bits per heavy atom. The molecule has 3 aromatic rings. The molecule has 4 rings (SSSR count). The van der Waals surface area contributed by atoms with Crippen LogP contribution in [-0.4, -0.2) is 45.5 Å². The molecule has 1 amide bonds. The van der Waals surface area contributed by atoms with Crippen LogP contribution in [0.15, 0.2) is 42.5 Å². The summed E-state index contributed by atoms with van der Waals surface area (Å²) in [5.74, 6) is -0.213. The monoisotopic (exact) mass is 395 g/mol. The van der Waals surface area contributed by atoms with Gasteiger partial charge in [0.1, 0.15) is 11.2 Å². The Labute approximate surface area is 167 Å². The van der Waals surface area contributed by atoms with Gasteiger partial charge in [-0.25, -0.2) is 4.68 Å². The minimum Gasteiger partial charge on any atom is -0.327 e. The van der Waals surface area contributed by atoms with E-state index in [1.807, 2.05) is 17.7 Å². The van der Waals surface area contributed by atoms with Gasteiger partial charge in [0, 0.05) is 18.9 Å². The van der Waals surface area contributed by atoms with Gasteiger partial charge in [0.05, 0.1) is 29.6 Å². The molecule has 9 heteroatoms. The van der Waals surface area contributed by atoms with Gasteiger partial charge in [0.2, 0.25) is 0 Å². The number of nitrogens with zero attached hydrogens (tertiary/aromatic N) is 4. The lowest BCUT2D eigenvalue weighted by Gasteiger charge is -2.29. The first-order valence-corrected chi connectivity index (χ1v) is 9.69. The lowest BCUT2D eigenvalue weighted by molar-refractivity contribution is -0.897. The fraction of sp³-hybridized carbons (Fsp3) is 0.350. The zero-order valence-electron chi connectivity index (χ0n) is 16.2. The minimum atomic E-state index is -0.488. The molecular weight excluding hydrogens is 372 g/mol. The van der Waals surface area contributed by atoms with Crippen LogP contribution in [0.2, 0.25) is 0 Å². The number of likely N-dealkylation sites (tertiary alicyclic amines) is 1. The molecule has 0 atom stereocenters. The molecule has 150 valence electrons. The molecule has 1 aliphatic rings. The maximum atomic E-state index is 12.4. The Bertz CT molecular complexity index is 1060. The number of hydrogen-bond acceptors (Lipinski definition) is 5. The Kier molecular flexibility index (Phi) is 5.22. The highest BCUT2D eigenvalue weighted by Crippen LogP contribution is 2.23. The molecular formula is C20H23N6O3+. The van der Waals surface area contributed by atoms with E-state index >= 15 is 0 Å². The van der Waals surface area contributed by atoms with Gasteiger partial charge >= 0.3 is 0 Å². The number of nitro groups is 1. The number of nitrogens with one attached hydrogen (secondary N) is 2. The van der Waals surface area contributed by atoms with Crippen molar-refractivity contribution in [2.75, 3.05) is 25.0 Å². The Morgan fingerprint density at radius 1 is 1.28 bits per heavy atom. The molecule has 0 aliphatic carbocycles. The third-order valence-electron chi connectivity index (χ3n) is 5.42. The van der Waals surface area contributed by atoms with E-state index in [4.69, 9.17) is 0 Å². The summed E-state index contributed by atoms with van der Waals surface area (Å²) in [6.45, 7) is 4.00. The summed E-state index contributed by atoms with van der Waals surface area (Å²) in [5.41, 5.74) is 3.25. The highest BCUT2D eigenvalue weighted by atomic mass is 16.6. The molecule has 0 saturated carbocycles. The predicted octanol–water partition coefficient (Wildman–Crippen LogP) is 1.51. The topological polar surface area (TPSA) is 107 Å². The molecule has 2 heterocycles. The number of rotatable bonds is 5. The van der Waals surface area contributed by atoms with Crippen LogP contribution < -0.4 is 10.2 Å². The maximum absolute atomic E-state index is 12.4. The summed E-state index contributed by atoms with van der Waals surface area (Å²) in [4.78, 5) is 24.2. The van der Waals surface area contributed by atoms with Gasteiger partial charge in [0.15, 0.2) is 6.54 Å². The summed E-state index contributed by atoms with van der Waals surface area (Å²) in [6, 6.07) is 12.6. The van der Waals surface area contributed by atoms with Crippen molar-refractivity contribution < 1.29 is 14.6 Å². The number of quaternary nitrogens is 1. The quantitative estimate of drug-likeness (QED) is 0.503. The molecule has 0 radical (unpaired) electrons. The van der Waals surface area contributed by atoms with Crippen LogP contribution in [0.25, 0.3) is 11.0 Å². The van der Waals surface area contributed by atoms with Gasteiger partial charge in [-0.3, -0.25) is 14.9 Å². The number of aromatic nitrogens is 3. The number of benzene rings is 2. The molecule has 2 aromatic carbocycles. The number of para-hydroxylation sites is 2. The molecule has 1 fully saturated rings. The first-order valence-electron chi connectivity index (χ1n) is 9.69. The van der Waals surface area contributed by atoms with Crippen molar-refractivity contribution in [2.24, 2.45) is 0 Å². The summed E-state index contributed by atoms with van der Waals surface area (Å²) in [6.07, 6.45) is 1.81. The average Bonchev–Trinajstić information content (AvgIpc) is 3.11. The van der Waals surface area contributed by atoms with Crippen molar-refractivity contribution in [2.45, 2.75) is 25.8 Å². The van der Waals surface area contributed by atoms with Gasteiger partial charge in [-0.15, -0.1) is 5.10 Å². The highest BCUT2D eigenvalue weighted by molar-refractivity contribution is 5.93. The van der Waals surface area contributed by atoms with E-state index in [1.165, 1.54) is 6.07 Å². The van der Waals surface area contributed by atoms with E-state index in [9.17, 15) is 14.9 Å². The molecule has 0 bridgehead atoms. The van der Waals surface area contributed by atoms with Crippen LogP contribution in [0, 0.1) is 17.0 Å².